The average molecular weight is 426 g/mol. The smallest absolute Gasteiger partial charge is 0.337 e. The van der Waals surface area contributed by atoms with Crippen LogP contribution in [0.2, 0.25) is 0 Å². The maximum atomic E-state index is 13.0. The summed E-state index contributed by atoms with van der Waals surface area (Å²) in [6.45, 7) is 0.436. The van der Waals surface area contributed by atoms with Gasteiger partial charge < -0.3 is 19.5 Å². The molecular formula is C25H31NO5. The van der Waals surface area contributed by atoms with Crippen molar-refractivity contribution in [1.29, 1.82) is 0 Å². The fraction of sp³-hybridized carbons (Fsp3) is 0.440. The van der Waals surface area contributed by atoms with E-state index in [0.717, 1.165) is 49.0 Å². The molecular weight excluding hydrogens is 394 g/mol. The third-order valence-electron chi connectivity index (χ3n) is 6.05. The van der Waals surface area contributed by atoms with Gasteiger partial charge in [-0.2, -0.15) is 0 Å². The van der Waals surface area contributed by atoms with Crippen molar-refractivity contribution in [3.8, 4) is 11.5 Å². The van der Waals surface area contributed by atoms with E-state index in [-0.39, 0.29) is 23.7 Å². The van der Waals surface area contributed by atoms with Gasteiger partial charge in [0.2, 0.25) is 5.91 Å². The van der Waals surface area contributed by atoms with E-state index < -0.39 is 0 Å². The molecule has 1 saturated carbocycles. The second kappa shape index (κ2) is 10.8. The molecule has 1 aliphatic carbocycles. The molecule has 2 atom stereocenters. The predicted octanol–water partition coefficient (Wildman–Crippen LogP) is 4.16. The molecule has 0 saturated heterocycles. The lowest BCUT2D eigenvalue weighted by atomic mass is 9.75. The van der Waals surface area contributed by atoms with Gasteiger partial charge in [-0.25, -0.2) is 4.79 Å². The number of carbonyl (C=O) groups is 2. The Morgan fingerprint density at radius 3 is 2.39 bits per heavy atom. The van der Waals surface area contributed by atoms with Gasteiger partial charge in [0.15, 0.2) is 11.5 Å². The van der Waals surface area contributed by atoms with Crippen LogP contribution in [0.25, 0.3) is 0 Å². The number of amides is 1. The van der Waals surface area contributed by atoms with Crippen LogP contribution in [0.1, 0.15) is 47.2 Å². The average Bonchev–Trinajstić information content (AvgIpc) is 2.82. The Bertz CT molecular complexity index is 893. The summed E-state index contributed by atoms with van der Waals surface area (Å²) in [6, 6.07) is 13.0. The van der Waals surface area contributed by atoms with Gasteiger partial charge in [-0.05, 0) is 54.5 Å². The quantitative estimate of drug-likeness (QED) is 0.643. The molecule has 6 heteroatoms. The summed E-state index contributed by atoms with van der Waals surface area (Å²) in [4.78, 5) is 24.6. The summed E-state index contributed by atoms with van der Waals surface area (Å²) in [5.41, 5.74) is 2.52. The first-order valence-corrected chi connectivity index (χ1v) is 10.7. The lowest BCUT2D eigenvalue weighted by Crippen LogP contribution is -2.37. The lowest BCUT2D eigenvalue weighted by Gasteiger charge is -2.31. The summed E-state index contributed by atoms with van der Waals surface area (Å²) < 4.78 is 15.7. The highest BCUT2D eigenvalue weighted by atomic mass is 16.5. The predicted molar refractivity (Wildman–Crippen MR) is 118 cm³/mol. The van der Waals surface area contributed by atoms with Gasteiger partial charge in [0.25, 0.3) is 0 Å². The maximum absolute atomic E-state index is 13.0. The van der Waals surface area contributed by atoms with Gasteiger partial charge in [-0.1, -0.05) is 37.1 Å². The van der Waals surface area contributed by atoms with Gasteiger partial charge in [0.05, 0.1) is 26.9 Å². The van der Waals surface area contributed by atoms with Crippen LogP contribution in [0, 0.1) is 11.8 Å². The number of esters is 1. The Balaban J connectivity index is 1.65. The van der Waals surface area contributed by atoms with Crippen LogP contribution in [0.3, 0.4) is 0 Å². The fourth-order valence-corrected chi connectivity index (χ4v) is 4.39. The molecule has 0 aromatic heterocycles. The lowest BCUT2D eigenvalue weighted by molar-refractivity contribution is -0.127. The normalized spacial score (nSPS) is 18.2. The van der Waals surface area contributed by atoms with Gasteiger partial charge in [0, 0.05) is 12.5 Å². The van der Waals surface area contributed by atoms with Crippen LogP contribution in [-0.2, 0) is 22.5 Å². The number of para-hydroxylation sites is 1. The molecule has 1 N–H and O–H groups in total. The Morgan fingerprint density at radius 2 is 1.71 bits per heavy atom. The number of rotatable bonds is 8. The van der Waals surface area contributed by atoms with Crippen molar-refractivity contribution in [2.45, 2.75) is 38.6 Å². The number of hydrogen-bond donors (Lipinski definition) is 1. The van der Waals surface area contributed by atoms with E-state index in [1.165, 1.54) is 7.11 Å². The highest BCUT2D eigenvalue weighted by Crippen LogP contribution is 2.38. The molecule has 0 bridgehead atoms. The van der Waals surface area contributed by atoms with Crippen molar-refractivity contribution < 1.29 is 23.8 Å². The molecule has 3 rings (SSSR count). The minimum atomic E-state index is -0.367. The zero-order valence-corrected chi connectivity index (χ0v) is 18.5. The number of methoxy groups -OCH3 is 3. The largest absolute Gasteiger partial charge is 0.493 e. The summed E-state index contributed by atoms with van der Waals surface area (Å²) in [5, 5.41) is 3.09. The molecule has 6 nitrogen and oxygen atoms in total. The van der Waals surface area contributed by atoms with Crippen molar-refractivity contribution in [1.82, 2.24) is 5.32 Å². The molecule has 0 heterocycles. The number of hydrogen-bond acceptors (Lipinski definition) is 5. The minimum absolute atomic E-state index is 0.0287. The van der Waals surface area contributed by atoms with Crippen LogP contribution < -0.4 is 14.8 Å². The third kappa shape index (κ3) is 5.57. The fourth-order valence-electron chi connectivity index (χ4n) is 4.39. The molecule has 1 amide bonds. The molecule has 166 valence electrons. The first-order valence-electron chi connectivity index (χ1n) is 10.7. The zero-order chi connectivity index (χ0) is 22.2. The highest BCUT2D eigenvalue weighted by Gasteiger charge is 2.31. The second-order valence-electron chi connectivity index (χ2n) is 7.91. The van der Waals surface area contributed by atoms with E-state index in [1.54, 1.807) is 26.4 Å². The van der Waals surface area contributed by atoms with Crippen molar-refractivity contribution in [3.63, 3.8) is 0 Å². The molecule has 31 heavy (non-hydrogen) atoms. The van der Waals surface area contributed by atoms with Crippen LogP contribution in [0.15, 0.2) is 42.5 Å². The van der Waals surface area contributed by atoms with Gasteiger partial charge in [0.1, 0.15) is 0 Å². The Hall–Kier alpha value is -3.02. The number of nitrogens with one attached hydrogen (secondary N) is 1. The Morgan fingerprint density at radius 1 is 0.968 bits per heavy atom. The van der Waals surface area contributed by atoms with Crippen molar-refractivity contribution in [3.05, 3.63) is 59.2 Å². The van der Waals surface area contributed by atoms with Crippen LogP contribution in [0.4, 0.5) is 0 Å². The number of benzene rings is 2. The molecule has 0 aliphatic heterocycles. The second-order valence-corrected chi connectivity index (χ2v) is 7.91. The molecule has 1 fully saturated rings. The molecule has 2 aromatic carbocycles. The van der Waals surface area contributed by atoms with Crippen LogP contribution in [-0.4, -0.2) is 33.2 Å². The monoisotopic (exact) mass is 425 g/mol. The first kappa shape index (κ1) is 22.7. The van der Waals surface area contributed by atoms with E-state index in [1.807, 2.05) is 30.3 Å². The Labute approximate surface area is 183 Å². The van der Waals surface area contributed by atoms with Gasteiger partial charge >= 0.3 is 5.97 Å². The molecule has 1 aliphatic rings. The van der Waals surface area contributed by atoms with E-state index in [0.29, 0.717) is 17.9 Å². The molecule has 0 spiro atoms. The zero-order valence-electron chi connectivity index (χ0n) is 18.5. The highest BCUT2D eigenvalue weighted by molar-refractivity contribution is 5.89. The van der Waals surface area contributed by atoms with E-state index in [2.05, 4.69) is 5.32 Å². The number of carbonyl (C=O) groups excluding carboxylic acids is 2. The first-order chi connectivity index (χ1) is 15.1. The number of ether oxygens (including phenoxy) is 3. The summed E-state index contributed by atoms with van der Waals surface area (Å²) in [7, 11) is 4.65. The molecule has 2 unspecified atom stereocenters. The summed E-state index contributed by atoms with van der Waals surface area (Å²) >= 11 is 0. The topological polar surface area (TPSA) is 73.9 Å². The summed E-state index contributed by atoms with van der Waals surface area (Å²) in [6.07, 6.45) is 4.90. The van der Waals surface area contributed by atoms with Gasteiger partial charge in [-0.15, -0.1) is 0 Å². The molecule has 0 radical (unpaired) electrons. The van der Waals surface area contributed by atoms with Gasteiger partial charge in [-0.3, -0.25) is 4.79 Å². The summed E-state index contributed by atoms with van der Waals surface area (Å²) in [5.74, 6) is 1.42. The van der Waals surface area contributed by atoms with Crippen molar-refractivity contribution in [2.24, 2.45) is 11.8 Å². The van der Waals surface area contributed by atoms with Crippen molar-refractivity contribution >= 4 is 11.9 Å². The minimum Gasteiger partial charge on any atom is -0.493 e. The SMILES string of the molecule is COC(=O)c1ccc(CNC(=O)C2CCCCC2Cc2cccc(OC)c2OC)cc1. The molecule has 2 aromatic rings. The Kier molecular flexibility index (Phi) is 7.93. The van der Waals surface area contributed by atoms with Crippen LogP contribution in [0.5, 0.6) is 11.5 Å². The maximum Gasteiger partial charge on any atom is 0.337 e. The van der Waals surface area contributed by atoms with E-state index in [9.17, 15) is 9.59 Å². The third-order valence-corrected chi connectivity index (χ3v) is 6.05. The van der Waals surface area contributed by atoms with E-state index in [4.69, 9.17) is 14.2 Å². The van der Waals surface area contributed by atoms with Crippen LogP contribution >= 0.6 is 0 Å². The van der Waals surface area contributed by atoms with E-state index >= 15 is 0 Å². The van der Waals surface area contributed by atoms with Crippen molar-refractivity contribution in [2.75, 3.05) is 21.3 Å². The standard InChI is InChI=1S/C25H31NO5/c1-29-22-10-6-8-20(23(22)30-2)15-19-7-4-5-9-21(19)24(27)26-16-17-11-13-18(14-12-17)25(28)31-3/h6,8,10-14,19,21H,4-5,7,9,15-16H2,1-3H3,(H,26,27).